The number of hydrogen-bond donors (Lipinski definition) is 0. The second-order valence-corrected chi connectivity index (χ2v) is 5.94. The van der Waals surface area contributed by atoms with Gasteiger partial charge in [0.2, 0.25) is 0 Å². The minimum Gasteiger partial charge on any atom is -0.381 e. The molecule has 110 valence electrons. The first kappa shape index (κ1) is 15.2. The Labute approximate surface area is 121 Å². The van der Waals surface area contributed by atoms with E-state index in [0.29, 0.717) is 32.0 Å². The highest BCUT2D eigenvalue weighted by atomic mass is 16.5. The highest BCUT2D eigenvalue weighted by Crippen LogP contribution is 2.29. The molecule has 0 aromatic heterocycles. The second-order valence-electron chi connectivity index (χ2n) is 5.94. The van der Waals surface area contributed by atoms with Crippen LogP contribution < -0.4 is 0 Å². The van der Waals surface area contributed by atoms with Crippen LogP contribution in [0.1, 0.15) is 42.6 Å². The van der Waals surface area contributed by atoms with E-state index in [1.807, 2.05) is 18.2 Å². The van der Waals surface area contributed by atoms with Crippen LogP contribution in [0.25, 0.3) is 0 Å². The molecule has 0 atom stereocenters. The van der Waals surface area contributed by atoms with Gasteiger partial charge in [0.1, 0.15) is 5.60 Å². The Hall–Kier alpha value is -1.19. The summed E-state index contributed by atoms with van der Waals surface area (Å²) >= 11 is 0. The summed E-state index contributed by atoms with van der Waals surface area (Å²) in [5.74, 6) is 0.675. The van der Waals surface area contributed by atoms with E-state index in [1.54, 1.807) is 7.11 Å². The van der Waals surface area contributed by atoms with E-state index in [1.165, 1.54) is 5.56 Å². The standard InChI is InChI=1S/C17H24O3/c1-13(2)11-14-5-4-6-15(12-14)16(18)17(19-3)7-9-20-10-8-17/h4-6,12-13H,7-11H2,1-3H3. The maximum Gasteiger partial charge on any atom is 0.194 e. The fraction of sp³-hybridized carbons (Fsp3) is 0.588. The second kappa shape index (κ2) is 6.51. The summed E-state index contributed by atoms with van der Waals surface area (Å²) in [4.78, 5) is 12.8. The van der Waals surface area contributed by atoms with E-state index in [4.69, 9.17) is 9.47 Å². The fourth-order valence-corrected chi connectivity index (χ4v) is 2.80. The number of Topliss-reactive ketones (excluding diaryl/α,β-unsaturated/α-hetero) is 1. The zero-order chi connectivity index (χ0) is 14.6. The van der Waals surface area contributed by atoms with E-state index in [9.17, 15) is 4.79 Å². The van der Waals surface area contributed by atoms with Crippen molar-refractivity contribution in [3.63, 3.8) is 0 Å². The van der Waals surface area contributed by atoms with Crippen LogP contribution in [0.3, 0.4) is 0 Å². The first-order valence-electron chi connectivity index (χ1n) is 7.34. The van der Waals surface area contributed by atoms with Gasteiger partial charge >= 0.3 is 0 Å². The SMILES string of the molecule is COC1(C(=O)c2cccc(CC(C)C)c2)CCOCC1. The summed E-state index contributed by atoms with van der Waals surface area (Å²) in [7, 11) is 1.63. The van der Waals surface area contributed by atoms with E-state index >= 15 is 0 Å². The van der Waals surface area contributed by atoms with Gasteiger partial charge in [-0.1, -0.05) is 32.0 Å². The molecule has 0 spiro atoms. The quantitative estimate of drug-likeness (QED) is 0.774. The number of ketones is 1. The average molecular weight is 276 g/mol. The largest absolute Gasteiger partial charge is 0.381 e. The number of rotatable bonds is 5. The topological polar surface area (TPSA) is 35.5 Å². The summed E-state index contributed by atoms with van der Waals surface area (Å²) in [5, 5.41) is 0. The van der Waals surface area contributed by atoms with Crippen molar-refractivity contribution in [1.29, 1.82) is 0 Å². The van der Waals surface area contributed by atoms with Gasteiger partial charge in [-0.3, -0.25) is 4.79 Å². The Morgan fingerprint density at radius 3 is 2.65 bits per heavy atom. The first-order valence-corrected chi connectivity index (χ1v) is 7.34. The summed E-state index contributed by atoms with van der Waals surface area (Å²) in [6.45, 7) is 5.55. The molecule has 0 saturated carbocycles. The van der Waals surface area contributed by atoms with Crippen molar-refractivity contribution in [2.75, 3.05) is 20.3 Å². The molecule has 0 aliphatic carbocycles. The number of benzene rings is 1. The minimum atomic E-state index is -0.700. The van der Waals surface area contributed by atoms with Gasteiger partial charge in [-0.15, -0.1) is 0 Å². The molecular weight excluding hydrogens is 252 g/mol. The van der Waals surface area contributed by atoms with Gasteiger partial charge in [0.15, 0.2) is 5.78 Å². The van der Waals surface area contributed by atoms with Gasteiger partial charge in [0.25, 0.3) is 0 Å². The maximum absolute atomic E-state index is 12.8. The number of hydrogen-bond acceptors (Lipinski definition) is 3. The van der Waals surface area contributed by atoms with Crippen LogP contribution in [0.2, 0.25) is 0 Å². The smallest absolute Gasteiger partial charge is 0.194 e. The molecule has 3 nitrogen and oxygen atoms in total. The number of ether oxygens (including phenoxy) is 2. The molecule has 0 unspecified atom stereocenters. The molecule has 0 amide bonds. The molecule has 1 aromatic carbocycles. The first-order chi connectivity index (χ1) is 9.57. The maximum atomic E-state index is 12.8. The van der Waals surface area contributed by atoms with Gasteiger partial charge in [-0.2, -0.15) is 0 Å². The highest BCUT2D eigenvalue weighted by molar-refractivity contribution is 6.02. The normalized spacial score (nSPS) is 18.2. The minimum absolute atomic E-state index is 0.0916. The molecule has 1 fully saturated rings. The zero-order valence-electron chi connectivity index (χ0n) is 12.6. The molecule has 0 radical (unpaired) electrons. The van der Waals surface area contributed by atoms with Crippen LogP contribution >= 0.6 is 0 Å². The zero-order valence-corrected chi connectivity index (χ0v) is 12.6. The summed E-state index contributed by atoms with van der Waals surface area (Å²) in [6.07, 6.45) is 2.26. The third-order valence-corrected chi connectivity index (χ3v) is 3.94. The molecular formula is C17H24O3. The van der Waals surface area contributed by atoms with Crippen molar-refractivity contribution in [2.24, 2.45) is 5.92 Å². The van der Waals surface area contributed by atoms with E-state index < -0.39 is 5.60 Å². The Kier molecular flexibility index (Phi) is 4.95. The molecule has 2 rings (SSSR count). The molecule has 1 aliphatic heterocycles. The molecule has 1 heterocycles. The van der Waals surface area contributed by atoms with Crippen LogP contribution in [0.5, 0.6) is 0 Å². The summed E-state index contributed by atoms with van der Waals surface area (Å²) in [5.41, 5.74) is 1.27. The van der Waals surface area contributed by atoms with E-state index in [0.717, 1.165) is 12.0 Å². The Morgan fingerprint density at radius 1 is 1.35 bits per heavy atom. The fourth-order valence-electron chi connectivity index (χ4n) is 2.80. The Morgan fingerprint density at radius 2 is 2.05 bits per heavy atom. The van der Waals surface area contributed by atoms with Gasteiger partial charge in [-0.05, 0) is 24.0 Å². The van der Waals surface area contributed by atoms with Gasteiger partial charge in [0.05, 0.1) is 0 Å². The van der Waals surface area contributed by atoms with Crippen molar-refractivity contribution in [1.82, 2.24) is 0 Å². The van der Waals surface area contributed by atoms with E-state index in [-0.39, 0.29) is 5.78 Å². The van der Waals surface area contributed by atoms with Crippen molar-refractivity contribution in [2.45, 2.75) is 38.7 Å². The lowest BCUT2D eigenvalue weighted by Crippen LogP contribution is -2.45. The number of carbonyl (C=O) groups excluding carboxylic acids is 1. The molecule has 3 heteroatoms. The Bertz CT molecular complexity index is 459. The predicted octanol–water partition coefficient (Wildman–Crippen LogP) is 3.26. The van der Waals surface area contributed by atoms with Gasteiger partial charge in [0, 0.05) is 38.7 Å². The number of methoxy groups -OCH3 is 1. The van der Waals surface area contributed by atoms with Crippen molar-refractivity contribution < 1.29 is 14.3 Å². The van der Waals surface area contributed by atoms with Crippen molar-refractivity contribution in [3.8, 4) is 0 Å². The van der Waals surface area contributed by atoms with Crippen LogP contribution in [0.15, 0.2) is 24.3 Å². The molecule has 20 heavy (non-hydrogen) atoms. The summed E-state index contributed by atoms with van der Waals surface area (Å²) < 4.78 is 10.9. The van der Waals surface area contributed by atoms with Crippen LogP contribution in [0, 0.1) is 5.92 Å². The lowest BCUT2D eigenvalue weighted by molar-refractivity contribution is -0.0663. The van der Waals surface area contributed by atoms with Gasteiger partial charge < -0.3 is 9.47 Å². The average Bonchev–Trinajstić information content (AvgIpc) is 2.47. The van der Waals surface area contributed by atoms with Crippen LogP contribution in [0.4, 0.5) is 0 Å². The van der Waals surface area contributed by atoms with Crippen molar-refractivity contribution in [3.05, 3.63) is 35.4 Å². The van der Waals surface area contributed by atoms with Crippen LogP contribution in [-0.4, -0.2) is 31.7 Å². The third-order valence-electron chi connectivity index (χ3n) is 3.94. The third kappa shape index (κ3) is 3.28. The van der Waals surface area contributed by atoms with Crippen molar-refractivity contribution >= 4 is 5.78 Å². The lowest BCUT2D eigenvalue weighted by atomic mass is 9.85. The summed E-state index contributed by atoms with van der Waals surface area (Å²) in [6, 6.07) is 7.95. The van der Waals surface area contributed by atoms with Gasteiger partial charge in [-0.25, -0.2) is 0 Å². The van der Waals surface area contributed by atoms with Crippen LogP contribution in [-0.2, 0) is 15.9 Å². The number of carbonyl (C=O) groups is 1. The molecule has 0 N–H and O–H groups in total. The molecule has 1 aliphatic rings. The molecule has 0 bridgehead atoms. The molecule has 1 saturated heterocycles. The highest BCUT2D eigenvalue weighted by Gasteiger charge is 2.40. The predicted molar refractivity (Wildman–Crippen MR) is 79.1 cm³/mol. The Balaban J connectivity index is 2.23. The monoisotopic (exact) mass is 276 g/mol. The van der Waals surface area contributed by atoms with E-state index in [2.05, 4.69) is 19.9 Å². The molecule has 1 aromatic rings. The lowest BCUT2D eigenvalue weighted by Gasteiger charge is -2.34.